The Labute approximate surface area is 83.0 Å². The molecule has 3 heteroatoms. The van der Waals surface area contributed by atoms with E-state index >= 15 is 0 Å². The highest BCUT2D eigenvalue weighted by Gasteiger charge is 2.16. The fourth-order valence-electron chi connectivity index (χ4n) is 1.49. The van der Waals surface area contributed by atoms with Crippen molar-refractivity contribution < 1.29 is 4.79 Å². The molecule has 0 amide bonds. The van der Waals surface area contributed by atoms with Gasteiger partial charge in [0, 0.05) is 18.9 Å². The maximum atomic E-state index is 10.7. The first-order valence-corrected chi connectivity index (χ1v) is 4.58. The Kier molecular flexibility index (Phi) is 2.49. The highest BCUT2D eigenvalue weighted by Crippen LogP contribution is 2.09. The van der Waals surface area contributed by atoms with E-state index in [2.05, 4.69) is 5.32 Å². The molecule has 0 saturated carbocycles. The van der Waals surface area contributed by atoms with Gasteiger partial charge in [-0.15, -0.1) is 0 Å². The maximum absolute atomic E-state index is 10.7. The van der Waals surface area contributed by atoms with Crippen molar-refractivity contribution in [3.05, 3.63) is 48.3 Å². The average molecular weight is 188 g/mol. The molecule has 1 unspecified atom stereocenters. The zero-order valence-corrected chi connectivity index (χ0v) is 7.76. The molecule has 1 aliphatic rings. The van der Waals surface area contributed by atoms with Crippen LogP contribution in [0.3, 0.4) is 0 Å². The van der Waals surface area contributed by atoms with Gasteiger partial charge in [-0.1, -0.05) is 30.3 Å². The molecule has 0 saturated heterocycles. The number of nitrogens with one attached hydrogen (secondary N) is 1. The lowest BCUT2D eigenvalue weighted by atomic mass is 10.2. The molecule has 72 valence electrons. The Morgan fingerprint density at radius 3 is 2.86 bits per heavy atom. The first kappa shape index (κ1) is 8.81. The second-order valence-electron chi connectivity index (χ2n) is 3.22. The molecule has 0 spiro atoms. The van der Waals surface area contributed by atoms with Crippen molar-refractivity contribution in [3.63, 3.8) is 0 Å². The summed E-state index contributed by atoms with van der Waals surface area (Å²) in [7, 11) is 0. The summed E-state index contributed by atoms with van der Waals surface area (Å²) in [4.78, 5) is 12.6. The maximum Gasteiger partial charge on any atom is 0.162 e. The number of carbonyl (C=O) groups is 1. The number of carbonyl (C=O) groups excluding carboxylic acids is 1. The molecule has 0 bridgehead atoms. The van der Waals surface area contributed by atoms with Crippen molar-refractivity contribution >= 4 is 6.29 Å². The van der Waals surface area contributed by atoms with Crippen LogP contribution in [0.1, 0.15) is 5.56 Å². The Morgan fingerprint density at radius 2 is 2.14 bits per heavy atom. The Balaban J connectivity index is 2.04. The lowest BCUT2D eigenvalue weighted by molar-refractivity contribution is -0.111. The third-order valence-electron chi connectivity index (χ3n) is 2.23. The lowest BCUT2D eigenvalue weighted by Gasteiger charge is -2.20. The van der Waals surface area contributed by atoms with Gasteiger partial charge < -0.3 is 10.2 Å². The lowest BCUT2D eigenvalue weighted by Crippen LogP contribution is -2.36. The van der Waals surface area contributed by atoms with Gasteiger partial charge in [0.1, 0.15) is 0 Å². The van der Waals surface area contributed by atoms with Crippen LogP contribution in [-0.4, -0.2) is 17.4 Å². The van der Waals surface area contributed by atoms with E-state index in [0.29, 0.717) is 0 Å². The van der Waals surface area contributed by atoms with Gasteiger partial charge in [-0.2, -0.15) is 0 Å². The highest BCUT2D eigenvalue weighted by molar-refractivity contribution is 5.58. The number of rotatable bonds is 3. The quantitative estimate of drug-likeness (QED) is 0.721. The van der Waals surface area contributed by atoms with Gasteiger partial charge in [-0.25, -0.2) is 0 Å². The van der Waals surface area contributed by atoms with E-state index in [4.69, 9.17) is 0 Å². The molecule has 0 aliphatic carbocycles. The summed E-state index contributed by atoms with van der Waals surface area (Å²) in [5.41, 5.74) is 1.20. The van der Waals surface area contributed by atoms with Crippen molar-refractivity contribution in [1.29, 1.82) is 0 Å². The summed E-state index contributed by atoms with van der Waals surface area (Å²) in [5, 5.41) is 2.95. The predicted octanol–water partition coefficient (Wildman–Crippen LogP) is 1.09. The minimum absolute atomic E-state index is 0.213. The number of nitrogens with zero attached hydrogens (tertiary/aromatic N) is 1. The van der Waals surface area contributed by atoms with Gasteiger partial charge in [0.15, 0.2) is 12.5 Å². The molecular weight excluding hydrogens is 176 g/mol. The molecule has 1 aromatic carbocycles. The van der Waals surface area contributed by atoms with Gasteiger partial charge in [-0.05, 0) is 5.56 Å². The van der Waals surface area contributed by atoms with Gasteiger partial charge >= 0.3 is 0 Å². The molecule has 1 aromatic rings. The fraction of sp³-hybridized carbons (Fsp3) is 0.182. The van der Waals surface area contributed by atoms with Gasteiger partial charge in [0.25, 0.3) is 0 Å². The third-order valence-corrected chi connectivity index (χ3v) is 2.23. The molecule has 1 N–H and O–H groups in total. The fourth-order valence-corrected chi connectivity index (χ4v) is 1.49. The van der Waals surface area contributed by atoms with E-state index in [1.165, 1.54) is 5.56 Å². The van der Waals surface area contributed by atoms with Crippen LogP contribution in [0.25, 0.3) is 0 Å². The first-order chi connectivity index (χ1) is 6.90. The number of aldehydes is 1. The second kappa shape index (κ2) is 3.96. The normalized spacial score (nSPS) is 19.4. The Hall–Kier alpha value is -1.77. The van der Waals surface area contributed by atoms with E-state index in [1.54, 1.807) is 6.20 Å². The Bertz CT molecular complexity index is 334. The molecule has 2 rings (SSSR count). The van der Waals surface area contributed by atoms with Gasteiger partial charge in [0.2, 0.25) is 0 Å². The zero-order valence-electron chi connectivity index (χ0n) is 7.76. The van der Waals surface area contributed by atoms with Crippen molar-refractivity contribution in [3.8, 4) is 0 Å². The summed E-state index contributed by atoms with van der Waals surface area (Å²) in [6, 6.07) is 10.1. The van der Waals surface area contributed by atoms with Crippen molar-refractivity contribution in [1.82, 2.24) is 10.2 Å². The van der Waals surface area contributed by atoms with Crippen LogP contribution in [0.5, 0.6) is 0 Å². The van der Waals surface area contributed by atoms with E-state index < -0.39 is 0 Å². The van der Waals surface area contributed by atoms with Gasteiger partial charge in [0.05, 0.1) is 0 Å². The molecule has 1 aliphatic heterocycles. The Morgan fingerprint density at radius 1 is 1.36 bits per heavy atom. The smallest absolute Gasteiger partial charge is 0.162 e. The zero-order chi connectivity index (χ0) is 9.80. The molecule has 1 heterocycles. The largest absolute Gasteiger partial charge is 0.364 e. The van der Waals surface area contributed by atoms with Crippen LogP contribution in [-0.2, 0) is 11.3 Å². The molecule has 0 aromatic heterocycles. The average Bonchev–Trinajstić information content (AvgIpc) is 2.67. The molecule has 3 nitrogen and oxygen atoms in total. The van der Waals surface area contributed by atoms with E-state index in [9.17, 15) is 4.79 Å². The number of hydrogen-bond donors (Lipinski definition) is 1. The third kappa shape index (κ3) is 1.76. The summed E-state index contributed by atoms with van der Waals surface area (Å²) < 4.78 is 0. The molecular formula is C11H12N2O. The summed E-state index contributed by atoms with van der Waals surface area (Å²) in [5.74, 6) is 0. The summed E-state index contributed by atoms with van der Waals surface area (Å²) in [6.45, 7) is 0.758. The van der Waals surface area contributed by atoms with Crippen molar-refractivity contribution in [2.24, 2.45) is 0 Å². The van der Waals surface area contributed by atoms with Crippen LogP contribution in [0.15, 0.2) is 42.7 Å². The minimum Gasteiger partial charge on any atom is -0.364 e. The first-order valence-electron chi connectivity index (χ1n) is 4.58. The summed E-state index contributed by atoms with van der Waals surface area (Å²) >= 11 is 0. The van der Waals surface area contributed by atoms with Crippen LogP contribution < -0.4 is 5.32 Å². The number of benzene rings is 1. The predicted molar refractivity (Wildman–Crippen MR) is 54.1 cm³/mol. The van der Waals surface area contributed by atoms with Crippen molar-refractivity contribution in [2.75, 3.05) is 0 Å². The molecule has 0 radical (unpaired) electrons. The second-order valence-corrected chi connectivity index (χ2v) is 3.22. The SMILES string of the molecule is O=CC1NC=CN1Cc1ccccc1. The van der Waals surface area contributed by atoms with Crippen LogP contribution in [0.2, 0.25) is 0 Å². The minimum atomic E-state index is -0.213. The van der Waals surface area contributed by atoms with E-state index in [0.717, 1.165) is 12.8 Å². The molecule has 1 atom stereocenters. The van der Waals surface area contributed by atoms with Crippen LogP contribution in [0.4, 0.5) is 0 Å². The topological polar surface area (TPSA) is 32.3 Å². The van der Waals surface area contributed by atoms with Crippen LogP contribution >= 0.6 is 0 Å². The van der Waals surface area contributed by atoms with E-state index in [-0.39, 0.29) is 6.17 Å². The molecule has 14 heavy (non-hydrogen) atoms. The monoisotopic (exact) mass is 188 g/mol. The van der Waals surface area contributed by atoms with Crippen LogP contribution in [0, 0.1) is 0 Å². The number of hydrogen-bond acceptors (Lipinski definition) is 3. The summed E-state index contributed by atoms with van der Waals surface area (Å²) in [6.07, 6.45) is 4.38. The van der Waals surface area contributed by atoms with Gasteiger partial charge in [-0.3, -0.25) is 4.79 Å². The van der Waals surface area contributed by atoms with Crippen molar-refractivity contribution in [2.45, 2.75) is 12.7 Å². The van der Waals surface area contributed by atoms with E-state index in [1.807, 2.05) is 41.4 Å². The molecule has 0 fully saturated rings. The highest BCUT2D eigenvalue weighted by atomic mass is 16.1. The standard InChI is InChI=1S/C11H12N2O/c14-9-11-12-6-7-13(11)8-10-4-2-1-3-5-10/h1-7,9,11-12H,8H2.